The van der Waals surface area contributed by atoms with E-state index < -0.39 is 0 Å². The van der Waals surface area contributed by atoms with Gasteiger partial charge in [-0.3, -0.25) is 9.20 Å². The Labute approximate surface area is 165 Å². The molecule has 4 aromatic rings. The van der Waals surface area contributed by atoms with Crippen LogP contribution in [0.3, 0.4) is 0 Å². The number of methoxy groups -OCH3 is 1. The number of thioether (sulfide) groups is 1. The molecule has 1 aromatic carbocycles. The summed E-state index contributed by atoms with van der Waals surface area (Å²) in [5, 5.41) is 8.86. The molecule has 0 radical (unpaired) electrons. The molecule has 3 aromatic heterocycles. The molecule has 8 nitrogen and oxygen atoms in total. The Kier molecular flexibility index (Phi) is 4.74. The van der Waals surface area contributed by atoms with Crippen LogP contribution >= 0.6 is 11.8 Å². The zero-order chi connectivity index (χ0) is 19.7. The summed E-state index contributed by atoms with van der Waals surface area (Å²) >= 11 is 1.37. The van der Waals surface area contributed by atoms with Gasteiger partial charge in [0.2, 0.25) is 5.16 Å². The molecule has 0 aliphatic heterocycles. The van der Waals surface area contributed by atoms with Crippen LogP contribution in [0.5, 0.6) is 5.75 Å². The molecule has 0 unspecified atom stereocenters. The van der Waals surface area contributed by atoms with Crippen LogP contribution in [-0.4, -0.2) is 31.4 Å². The lowest BCUT2D eigenvalue weighted by Gasteiger charge is -2.06. The summed E-state index contributed by atoms with van der Waals surface area (Å²) in [5.74, 6) is 7.92. The van der Waals surface area contributed by atoms with Gasteiger partial charge in [-0.05, 0) is 42.8 Å². The molecule has 9 heteroatoms. The van der Waals surface area contributed by atoms with E-state index in [4.69, 9.17) is 10.6 Å². The molecular formula is C19H18N6O2S. The van der Waals surface area contributed by atoms with E-state index in [0.717, 1.165) is 16.9 Å². The van der Waals surface area contributed by atoms with Gasteiger partial charge in [-0.15, -0.1) is 10.2 Å². The second kappa shape index (κ2) is 7.35. The molecule has 4 rings (SSSR count). The lowest BCUT2D eigenvalue weighted by atomic mass is 10.2. The van der Waals surface area contributed by atoms with Crippen LogP contribution in [0.15, 0.2) is 58.6 Å². The molecule has 0 saturated carbocycles. The number of hydrogen-bond acceptors (Lipinski definition) is 7. The largest absolute Gasteiger partial charge is 0.497 e. The molecule has 0 aliphatic carbocycles. The zero-order valence-electron chi connectivity index (χ0n) is 15.4. The number of fused-ring (bicyclic) bond motifs is 1. The van der Waals surface area contributed by atoms with E-state index in [2.05, 4.69) is 15.2 Å². The van der Waals surface area contributed by atoms with Gasteiger partial charge in [0.15, 0.2) is 5.82 Å². The fourth-order valence-corrected chi connectivity index (χ4v) is 3.53. The SMILES string of the molecule is COc1ccc(-c2nnc(SCc3cc(=O)n4cc(C)ccc4n3)n2N)cc1. The predicted octanol–water partition coefficient (Wildman–Crippen LogP) is 2.28. The number of ether oxygens (including phenoxy) is 1. The molecule has 0 bridgehead atoms. The van der Waals surface area contributed by atoms with Gasteiger partial charge in [-0.1, -0.05) is 17.8 Å². The quantitative estimate of drug-likeness (QED) is 0.409. The highest BCUT2D eigenvalue weighted by Gasteiger charge is 2.13. The van der Waals surface area contributed by atoms with Crippen molar-refractivity contribution in [2.45, 2.75) is 17.8 Å². The van der Waals surface area contributed by atoms with Gasteiger partial charge in [0.25, 0.3) is 5.56 Å². The minimum absolute atomic E-state index is 0.113. The molecule has 0 saturated heterocycles. The maximum Gasteiger partial charge on any atom is 0.258 e. The lowest BCUT2D eigenvalue weighted by molar-refractivity contribution is 0.415. The molecule has 3 heterocycles. The predicted molar refractivity (Wildman–Crippen MR) is 108 cm³/mol. The van der Waals surface area contributed by atoms with Gasteiger partial charge < -0.3 is 10.6 Å². The maximum absolute atomic E-state index is 12.3. The molecule has 0 atom stereocenters. The monoisotopic (exact) mass is 394 g/mol. The number of nitrogens with zero attached hydrogens (tertiary/aromatic N) is 5. The fourth-order valence-electron chi connectivity index (χ4n) is 2.78. The summed E-state index contributed by atoms with van der Waals surface area (Å²) in [4.78, 5) is 16.9. The summed E-state index contributed by atoms with van der Waals surface area (Å²) in [6.07, 6.45) is 1.78. The van der Waals surface area contributed by atoms with Crippen LogP contribution in [0.1, 0.15) is 11.3 Å². The second-order valence-electron chi connectivity index (χ2n) is 6.21. The average molecular weight is 394 g/mol. The van der Waals surface area contributed by atoms with Gasteiger partial charge in [0.05, 0.1) is 12.8 Å². The van der Waals surface area contributed by atoms with Crippen molar-refractivity contribution in [1.82, 2.24) is 24.3 Å². The Balaban J connectivity index is 1.55. The summed E-state index contributed by atoms with van der Waals surface area (Å²) in [7, 11) is 1.61. The Morgan fingerprint density at radius 3 is 2.68 bits per heavy atom. The molecule has 0 amide bonds. The van der Waals surface area contributed by atoms with Gasteiger partial charge in [-0.25, -0.2) is 9.66 Å². The van der Waals surface area contributed by atoms with Crippen LogP contribution in [0.4, 0.5) is 0 Å². The highest BCUT2D eigenvalue weighted by atomic mass is 32.2. The van der Waals surface area contributed by atoms with E-state index in [1.165, 1.54) is 26.9 Å². The summed E-state index contributed by atoms with van der Waals surface area (Å²) < 4.78 is 8.14. The van der Waals surface area contributed by atoms with E-state index in [1.807, 2.05) is 43.3 Å². The van der Waals surface area contributed by atoms with Crippen molar-refractivity contribution in [2.75, 3.05) is 13.0 Å². The molecular weight excluding hydrogens is 376 g/mol. The van der Waals surface area contributed by atoms with Crippen molar-refractivity contribution in [2.24, 2.45) is 0 Å². The van der Waals surface area contributed by atoms with Gasteiger partial charge in [0, 0.05) is 23.6 Å². The average Bonchev–Trinajstić information content (AvgIpc) is 3.07. The minimum atomic E-state index is -0.113. The third-order valence-corrected chi connectivity index (χ3v) is 5.20. The van der Waals surface area contributed by atoms with E-state index >= 15 is 0 Å². The molecule has 28 heavy (non-hydrogen) atoms. The number of aryl methyl sites for hydroxylation is 1. The van der Waals surface area contributed by atoms with E-state index in [-0.39, 0.29) is 5.56 Å². The topological polar surface area (TPSA) is 100 Å². The zero-order valence-corrected chi connectivity index (χ0v) is 16.2. The Hall–Kier alpha value is -3.33. The number of rotatable bonds is 5. The smallest absolute Gasteiger partial charge is 0.258 e. The van der Waals surface area contributed by atoms with Crippen LogP contribution in [0.2, 0.25) is 0 Å². The van der Waals surface area contributed by atoms with Crippen molar-refractivity contribution in [1.29, 1.82) is 0 Å². The first-order chi connectivity index (χ1) is 13.5. The van der Waals surface area contributed by atoms with Crippen LogP contribution in [0.25, 0.3) is 17.0 Å². The lowest BCUT2D eigenvalue weighted by Crippen LogP contribution is -2.15. The highest BCUT2D eigenvalue weighted by Crippen LogP contribution is 2.25. The summed E-state index contributed by atoms with van der Waals surface area (Å²) in [6, 6.07) is 12.7. The second-order valence-corrected chi connectivity index (χ2v) is 7.16. The van der Waals surface area contributed by atoms with Crippen molar-refractivity contribution in [3.63, 3.8) is 0 Å². The Morgan fingerprint density at radius 2 is 1.93 bits per heavy atom. The highest BCUT2D eigenvalue weighted by molar-refractivity contribution is 7.98. The molecule has 2 N–H and O–H groups in total. The molecule has 0 spiro atoms. The Bertz CT molecular complexity index is 1200. The third kappa shape index (κ3) is 3.44. The first-order valence-electron chi connectivity index (χ1n) is 8.52. The first-order valence-corrected chi connectivity index (χ1v) is 9.50. The van der Waals surface area contributed by atoms with E-state index in [0.29, 0.717) is 28.1 Å². The third-order valence-electron chi connectivity index (χ3n) is 4.22. The number of aromatic nitrogens is 5. The van der Waals surface area contributed by atoms with Crippen LogP contribution < -0.4 is 16.1 Å². The summed E-state index contributed by atoms with van der Waals surface area (Å²) in [6.45, 7) is 1.93. The van der Waals surface area contributed by atoms with Gasteiger partial charge in [-0.2, -0.15) is 0 Å². The minimum Gasteiger partial charge on any atom is -0.497 e. The number of benzene rings is 1. The number of pyridine rings is 1. The number of nitrogens with two attached hydrogens (primary N) is 1. The van der Waals surface area contributed by atoms with Crippen LogP contribution in [-0.2, 0) is 5.75 Å². The Morgan fingerprint density at radius 1 is 1.14 bits per heavy atom. The number of hydrogen-bond donors (Lipinski definition) is 1. The van der Waals surface area contributed by atoms with Gasteiger partial charge in [0.1, 0.15) is 11.4 Å². The van der Waals surface area contributed by atoms with E-state index in [1.54, 1.807) is 13.3 Å². The van der Waals surface area contributed by atoms with Crippen LogP contribution in [0, 0.1) is 6.92 Å². The molecule has 0 aliphatic rings. The standard InChI is InChI=1S/C19H18N6O2S/c1-12-3-8-16-21-14(9-17(26)24(16)10-12)11-28-19-23-22-18(25(19)20)13-4-6-15(27-2)7-5-13/h3-10H,11,20H2,1-2H3. The normalized spacial score (nSPS) is 11.1. The molecule has 142 valence electrons. The van der Waals surface area contributed by atoms with Crippen molar-refractivity contribution >= 4 is 17.4 Å². The fraction of sp³-hybridized carbons (Fsp3) is 0.158. The van der Waals surface area contributed by atoms with Gasteiger partial charge >= 0.3 is 0 Å². The van der Waals surface area contributed by atoms with E-state index in [9.17, 15) is 4.79 Å². The molecule has 0 fully saturated rings. The van der Waals surface area contributed by atoms with Crippen molar-refractivity contribution in [3.8, 4) is 17.1 Å². The number of nitrogen functional groups attached to an aromatic ring is 1. The van der Waals surface area contributed by atoms with Crippen molar-refractivity contribution in [3.05, 3.63) is 70.3 Å². The van der Waals surface area contributed by atoms with Crippen molar-refractivity contribution < 1.29 is 4.74 Å². The summed E-state index contributed by atoms with van der Waals surface area (Å²) in [5.41, 5.74) is 2.99. The first kappa shape index (κ1) is 18.1. The maximum atomic E-state index is 12.3.